The van der Waals surface area contributed by atoms with Gasteiger partial charge in [0.05, 0.1) is 25.2 Å². The number of benzene rings is 1. The molecule has 1 amide bonds. The highest BCUT2D eigenvalue weighted by molar-refractivity contribution is 7.91. The van der Waals surface area contributed by atoms with Crippen LogP contribution in [0.5, 0.6) is 11.5 Å². The maximum atomic E-state index is 13.2. The largest absolute Gasteiger partial charge is 0.493 e. The summed E-state index contributed by atoms with van der Waals surface area (Å²) in [6.45, 7) is 3.67. The molecule has 0 unspecified atom stereocenters. The molecule has 8 heteroatoms. The van der Waals surface area contributed by atoms with Crippen molar-refractivity contribution in [1.29, 1.82) is 0 Å². The maximum Gasteiger partial charge on any atom is 0.264 e. The molecule has 2 aromatic rings. The number of sulfone groups is 1. The number of nitrogens with zero attached hydrogens (tertiary/aromatic N) is 1. The summed E-state index contributed by atoms with van der Waals surface area (Å²) >= 11 is 0. The lowest BCUT2D eigenvalue weighted by molar-refractivity contribution is -0.141. The molecule has 2 atom stereocenters. The SMILES string of the molecule is COc1ccccc1O[C@H](C)C(=O)N(Cc1ccc(C)o1)[C@@H]1CCS(=O)(=O)C1. The predicted molar refractivity (Wildman–Crippen MR) is 104 cm³/mol. The molecule has 2 heterocycles. The molecule has 0 N–H and O–H groups in total. The molecular formula is C20H25NO6S. The smallest absolute Gasteiger partial charge is 0.264 e. The summed E-state index contributed by atoms with van der Waals surface area (Å²) in [7, 11) is -1.61. The van der Waals surface area contributed by atoms with Crippen molar-refractivity contribution < 1.29 is 27.1 Å². The van der Waals surface area contributed by atoms with Gasteiger partial charge in [0.1, 0.15) is 11.5 Å². The van der Waals surface area contributed by atoms with E-state index >= 15 is 0 Å². The number of carbonyl (C=O) groups is 1. The molecule has 0 bridgehead atoms. The van der Waals surface area contributed by atoms with E-state index in [2.05, 4.69) is 0 Å². The van der Waals surface area contributed by atoms with Crippen molar-refractivity contribution in [2.45, 2.75) is 39.0 Å². The van der Waals surface area contributed by atoms with Crippen molar-refractivity contribution in [1.82, 2.24) is 4.90 Å². The minimum absolute atomic E-state index is 0.0419. The molecule has 7 nitrogen and oxygen atoms in total. The van der Waals surface area contributed by atoms with Crippen molar-refractivity contribution in [3.8, 4) is 11.5 Å². The molecule has 0 saturated carbocycles. The van der Waals surface area contributed by atoms with E-state index in [-0.39, 0.29) is 24.0 Å². The Labute approximate surface area is 165 Å². The van der Waals surface area contributed by atoms with Gasteiger partial charge in [0.25, 0.3) is 5.91 Å². The van der Waals surface area contributed by atoms with Crippen LogP contribution in [0.4, 0.5) is 0 Å². The summed E-state index contributed by atoms with van der Waals surface area (Å²) in [6, 6.07) is 10.3. The lowest BCUT2D eigenvalue weighted by Gasteiger charge is -2.30. The monoisotopic (exact) mass is 407 g/mol. The minimum Gasteiger partial charge on any atom is -0.493 e. The van der Waals surface area contributed by atoms with Crippen LogP contribution in [0.3, 0.4) is 0 Å². The molecule has 28 heavy (non-hydrogen) atoms. The van der Waals surface area contributed by atoms with Gasteiger partial charge in [-0.2, -0.15) is 0 Å². The Morgan fingerprint density at radius 3 is 2.54 bits per heavy atom. The highest BCUT2D eigenvalue weighted by atomic mass is 32.2. The number of rotatable bonds is 7. The van der Waals surface area contributed by atoms with Crippen LogP contribution >= 0.6 is 0 Å². The van der Waals surface area contributed by atoms with Crippen molar-refractivity contribution >= 4 is 15.7 Å². The van der Waals surface area contributed by atoms with Crippen LogP contribution in [0, 0.1) is 6.92 Å². The Hall–Kier alpha value is -2.48. The summed E-state index contributed by atoms with van der Waals surface area (Å²) in [6.07, 6.45) is -0.398. The second-order valence-electron chi connectivity index (χ2n) is 6.95. The van der Waals surface area contributed by atoms with Crippen LogP contribution in [0.25, 0.3) is 0 Å². The fourth-order valence-corrected chi connectivity index (χ4v) is 5.07. The molecule has 3 rings (SSSR count). The topological polar surface area (TPSA) is 86.1 Å². The molecular weight excluding hydrogens is 382 g/mol. The third kappa shape index (κ3) is 4.67. The number of hydrogen-bond acceptors (Lipinski definition) is 6. The van der Waals surface area contributed by atoms with E-state index in [1.54, 1.807) is 36.1 Å². The molecule has 1 aliphatic heterocycles. The molecule has 1 aromatic carbocycles. The number of amides is 1. The molecule has 0 radical (unpaired) electrons. The first-order valence-electron chi connectivity index (χ1n) is 9.15. The summed E-state index contributed by atoms with van der Waals surface area (Å²) in [5.74, 6) is 2.08. The highest BCUT2D eigenvalue weighted by Gasteiger charge is 2.37. The number of ether oxygens (including phenoxy) is 2. The van der Waals surface area contributed by atoms with Gasteiger partial charge in [0.15, 0.2) is 27.4 Å². The van der Waals surface area contributed by atoms with Crippen molar-refractivity contribution in [2.75, 3.05) is 18.6 Å². The Morgan fingerprint density at radius 1 is 1.25 bits per heavy atom. The van der Waals surface area contributed by atoms with Crippen LogP contribution in [0.15, 0.2) is 40.8 Å². The standard InChI is InChI=1S/C20H25NO6S/c1-14-8-9-17(26-14)12-21(16-10-11-28(23,24)13-16)20(22)15(2)27-19-7-5-4-6-18(19)25-3/h4-9,15-16H,10-13H2,1-3H3/t15-,16-/m1/s1. The Morgan fingerprint density at radius 2 is 1.96 bits per heavy atom. The van der Waals surface area contributed by atoms with Crippen LogP contribution in [-0.2, 0) is 21.2 Å². The number of methoxy groups -OCH3 is 1. The van der Waals surface area contributed by atoms with Gasteiger partial charge in [-0.3, -0.25) is 4.79 Å². The number of para-hydroxylation sites is 2. The summed E-state index contributed by atoms with van der Waals surface area (Å²) in [5, 5.41) is 0. The van der Waals surface area contributed by atoms with Gasteiger partial charge < -0.3 is 18.8 Å². The molecule has 152 valence electrons. The van der Waals surface area contributed by atoms with E-state index in [0.717, 1.165) is 5.76 Å². The van der Waals surface area contributed by atoms with Crippen LogP contribution in [-0.4, -0.2) is 50.0 Å². The van der Waals surface area contributed by atoms with Gasteiger partial charge in [-0.25, -0.2) is 8.42 Å². The van der Waals surface area contributed by atoms with E-state index < -0.39 is 22.0 Å². The maximum absolute atomic E-state index is 13.2. The average Bonchev–Trinajstić information content (AvgIpc) is 3.24. The van der Waals surface area contributed by atoms with Crippen molar-refractivity contribution in [3.63, 3.8) is 0 Å². The lowest BCUT2D eigenvalue weighted by Crippen LogP contribution is -2.46. The predicted octanol–water partition coefficient (Wildman–Crippen LogP) is 2.58. The number of carbonyl (C=O) groups excluding carboxylic acids is 1. The fraction of sp³-hybridized carbons (Fsp3) is 0.450. The van der Waals surface area contributed by atoms with Gasteiger partial charge in [0, 0.05) is 6.04 Å². The average molecular weight is 407 g/mol. The second-order valence-corrected chi connectivity index (χ2v) is 9.18. The molecule has 1 fully saturated rings. The van der Waals surface area contributed by atoms with Gasteiger partial charge in [0.2, 0.25) is 0 Å². The van der Waals surface area contributed by atoms with E-state index in [1.165, 1.54) is 7.11 Å². The fourth-order valence-electron chi connectivity index (χ4n) is 3.34. The zero-order valence-corrected chi connectivity index (χ0v) is 17.1. The summed E-state index contributed by atoms with van der Waals surface area (Å²) in [5.41, 5.74) is 0. The molecule has 1 saturated heterocycles. The molecule has 1 aromatic heterocycles. The lowest BCUT2D eigenvalue weighted by atomic mass is 10.2. The number of aryl methyl sites for hydroxylation is 1. The normalized spacial score (nSPS) is 19.2. The van der Waals surface area contributed by atoms with E-state index in [0.29, 0.717) is 23.7 Å². The Kier molecular flexibility index (Phi) is 5.98. The van der Waals surface area contributed by atoms with Crippen molar-refractivity contribution in [3.05, 3.63) is 47.9 Å². The van der Waals surface area contributed by atoms with Gasteiger partial charge in [-0.05, 0) is 44.5 Å². The summed E-state index contributed by atoms with van der Waals surface area (Å²) < 4.78 is 40.6. The number of hydrogen-bond donors (Lipinski definition) is 0. The first-order chi connectivity index (χ1) is 13.3. The van der Waals surface area contributed by atoms with Crippen LogP contribution in [0.2, 0.25) is 0 Å². The van der Waals surface area contributed by atoms with E-state index in [1.807, 2.05) is 19.1 Å². The Balaban J connectivity index is 1.80. The summed E-state index contributed by atoms with van der Waals surface area (Å²) in [4.78, 5) is 14.7. The van der Waals surface area contributed by atoms with Crippen LogP contribution in [0.1, 0.15) is 24.9 Å². The van der Waals surface area contributed by atoms with E-state index in [4.69, 9.17) is 13.9 Å². The second kappa shape index (κ2) is 8.26. The van der Waals surface area contributed by atoms with Crippen molar-refractivity contribution in [2.24, 2.45) is 0 Å². The van der Waals surface area contributed by atoms with Gasteiger partial charge in [-0.1, -0.05) is 12.1 Å². The quantitative estimate of drug-likeness (QED) is 0.701. The highest BCUT2D eigenvalue weighted by Crippen LogP contribution is 2.28. The third-order valence-electron chi connectivity index (χ3n) is 4.78. The molecule has 1 aliphatic rings. The van der Waals surface area contributed by atoms with Crippen LogP contribution < -0.4 is 9.47 Å². The Bertz CT molecular complexity index is 936. The zero-order chi connectivity index (χ0) is 20.3. The third-order valence-corrected chi connectivity index (χ3v) is 6.53. The minimum atomic E-state index is -3.14. The number of furan rings is 1. The van der Waals surface area contributed by atoms with Gasteiger partial charge >= 0.3 is 0 Å². The van der Waals surface area contributed by atoms with Gasteiger partial charge in [-0.15, -0.1) is 0 Å². The zero-order valence-electron chi connectivity index (χ0n) is 16.3. The first-order valence-corrected chi connectivity index (χ1v) is 11.0. The molecule has 0 spiro atoms. The molecule has 0 aliphatic carbocycles. The first kappa shape index (κ1) is 20.3. The van der Waals surface area contributed by atoms with E-state index in [9.17, 15) is 13.2 Å².